The predicted octanol–water partition coefficient (Wildman–Crippen LogP) is 2.38. The summed E-state index contributed by atoms with van der Waals surface area (Å²) < 4.78 is 0. The largest absolute Gasteiger partial charge is 0.404 e. The number of nitrogens with zero attached hydrogens (tertiary/aromatic N) is 2. The molecule has 1 aliphatic rings. The van der Waals surface area contributed by atoms with Gasteiger partial charge in [0.05, 0.1) is 0 Å². The summed E-state index contributed by atoms with van der Waals surface area (Å²) >= 11 is 0. The van der Waals surface area contributed by atoms with Gasteiger partial charge in [0.15, 0.2) is 0 Å². The van der Waals surface area contributed by atoms with Crippen LogP contribution in [0.2, 0.25) is 0 Å². The van der Waals surface area contributed by atoms with Gasteiger partial charge in [-0.3, -0.25) is 9.80 Å². The molecule has 0 amide bonds. The summed E-state index contributed by atoms with van der Waals surface area (Å²) in [5, 5.41) is 0. The number of nitrogens with two attached hydrogens (primary N) is 1. The summed E-state index contributed by atoms with van der Waals surface area (Å²) in [6, 6.07) is 0. The molecule has 19 heavy (non-hydrogen) atoms. The minimum Gasteiger partial charge on any atom is -0.404 e. The molecular formula is C16H29N3. The average molecular weight is 263 g/mol. The van der Waals surface area contributed by atoms with Crippen molar-refractivity contribution in [2.75, 3.05) is 32.7 Å². The van der Waals surface area contributed by atoms with Crippen molar-refractivity contribution in [3.05, 3.63) is 36.1 Å². The molecule has 1 saturated heterocycles. The molecule has 1 heterocycles. The van der Waals surface area contributed by atoms with E-state index < -0.39 is 0 Å². The molecule has 3 nitrogen and oxygen atoms in total. The van der Waals surface area contributed by atoms with Gasteiger partial charge in [-0.05, 0) is 39.5 Å². The standard InChI is InChI=1S/C16H29N3/c1-6-14(2)11-15(12-17)13-18-7-9-19(10-8-18)16(3,4)5/h6,11-12H,1,7-10,13,17H2,2-5H3/b14-11-,15-12+. The van der Waals surface area contributed by atoms with Crippen molar-refractivity contribution >= 4 is 0 Å². The Balaban J connectivity index is 2.51. The molecule has 0 aromatic carbocycles. The molecule has 0 bridgehead atoms. The second-order valence-corrected chi connectivity index (χ2v) is 6.27. The van der Waals surface area contributed by atoms with E-state index in [9.17, 15) is 0 Å². The summed E-state index contributed by atoms with van der Waals surface area (Å²) in [7, 11) is 0. The number of hydrogen-bond acceptors (Lipinski definition) is 3. The summed E-state index contributed by atoms with van der Waals surface area (Å²) in [6.45, 7) is 18.1. The molecule has 108 valence electrons. The van der Waals surface area contributed by atoms with Crippen molar-refractivity contribution in [1.29, 1.82) is 0 Å². The summed E-state index contributed by atoms with van der Waals surface area (Å²) in [5.41, 5.74) is 8.31. The van der Waals surface area contributed by atoms with Crippen molar-refractivity contribution in [2.24, 2.45) is 5.73 Å². The maximum Gasteiger partial charge on any atom is 0.0249 e. The number of rotatable bonds is 4. The second-order valence-electron chi connectivity index (χ2n) is 6.27. The Morgan fingerprint density at radius 3 is 2.21 bits per heavy atom. The highest BCUT2D eigenvalue weighted by Gasteiger charge is 2.25. The molecule has 0 saturated carbocycles. The van der Waals surface area contributed by atoms with Crippen LogP contribution in [0.5, 0.6) is 0 Å². The fourth-order valence-corrected chi connectivity index (χ4v) is 2.33. The van der Waals surface area contributed by atoms with Gasteiger partial charge in [-0.2, -0.15) is 0 Å². The molecule has 0 atom stereocenters. The van der Waals surface area contributed by atoms with Crippen LogP contribution >= 0.6 is 0 Å². The molecule has 1 aliphatic heterocycles. The van der Waals surface area contributed by atoms with Crippen LogP contribution in [-0.2, 0) is 0 Å². The SMILES string of the molecule is C=C/C(C)=C\C(=C/N)CN1CCN(C(C)(C)C)CC1. The van der Waals surface area contributed by atoms with Gasteiger partial charge >= 0.3 is 0 Å². The van der Waals surface area contributed by atoms with Crippen LogP contribution in [0.15, 0.2) is 36.1 Å². The molecule has 0 aromatic heterocycles. The highest BCUT2D eigenvalue weighted by atomic mass is 15.3. The lowest BCUT2D eigenvalue weighted by atomic mass is 10.0. The first kappa shape index (κ1) is 16.0. The Morgan fingerprint density at radius 1 is 1.21 bits per heavy atom. The molecule has 0 unspecified atom stereocenters. The van der Waals surface area contributed by atoms with E-state index in [4.69, 9.17) is 5.73 Å². The fraction of sp³-hybridized carbons (Fsp3) is 0.625. The van der Waals surface area contributed by atoms with E-state index in [1.807, 2.05) is 13.0 Å². The van der Waals surface area contributed by atoms with Gasteiger partial charge in [0, 0.05) is 38.3 Å². The van der Waals surface area contributed by atoms with Crippen molar-refractivity contribution in [1.82, 2.24) is 9.80 Å². The molecule has 1 rings (SSSR count). The smallest absolute Gasteiger partial charge is 0.0249 e. The zero-order valence-electron chi connectivity index (χ0n) is 12.9. The molecule has 0 spiro atoms. The van der Waals surface area contributed by atoms with E-state index in [1.54, 1.807) is 6.20 Å². The van der Waals surface area contributed by atoms with Crippen molar-refractivity contribution in [3.63, 3.8) is 0 Å². The third-order valence-corrected chi connectivity index (χ3v) is 3.68. The Hall–Kier alpha value is -1.06. The summed E-state index contributed by atoms with van der Waals surface area (Å²) in [4.78, 5) is 5.01. The van der Waals surface area contributed by atoms with Crippen LogP contribution in [0.4, 0.5) is 0 Å². The predicted molar refractivity (Wildman–Crippen MR) is 84.0 cm³/mol. The van der Waals surface area contributed by atoms with Crippen molar-refractivity contribution in [2.45, 2.75) is 33.2 Å². The lowest BCUT2D eigenvalue weighted by Crippen LogP contribution is -2.53. The van der Waals surface area contributed by atoms with E-state index in [0.29, 0.717) is 0 Å². The van der Waals surface area contributed by atoms with Crippen LogP contribution in [0.1, 0.15) is 27.7 Å². The van der Waals surface area contributed by atoms with Gasteiger partial charge in [-0.25, -0.2) is 0 Å². The number of allylic oxidation sites excluding steroid dienone is 2. The Labute approximate surface area is 118 Å². The Morgan fingerprint density at radius 2 is 1.79 bits per heavy atom. The molecular weight excluding hydrogens is 234 g/mol. The minimum atomic E-state index is 0.276. The van der Waals surface area contributed by atoms with Gasteiger partial charge in [-0.1, -0.05) is 24.3 Å². The Bertz CT molecular complexity index is 353. The molecule has 0 radical (unpaired) electrons. The fourth-order valence-electron chi connectivity index (χ4n) is 2.33. The topological polar surface area (TPSA) is 32.5 Å². The molecule has 2 N–H and O–H groups in total. The van der Waals surface area contributed by atoms with Gasteiger partial charge in [0.2, 0.25) is 0 Å². The number of piperazine rings is 1. The lowest BCUT2D eigenvalue weighted by molar-refractivity contribution is 0.0667. The normalized spacial score (nSPS) is 20.6. The van der Waals surface area contributed by atoms with Crippen LogP contribution in [-0.4, -0.2) is 48.1 Å². The van der Waals surface area contributed by atoms with E-state index in [2.05, 4.69) is 43.2 Å². The van der Waals surface area contributed by atoms with E-state index in [1.165, 1.54) is 5.57 Å². The maximum atomic E-state index is 5.71. The van der Waals surface area contributed by atoms with Crippen molar-refractivity contribution < 1.29 is 0 Å². The zero-order chi connectivity index (χ0) is 14.5. The Kier molecular flexibility index (Phi) is 5.83. The second kappa shape index (κ2) is 6.92. The van der Waals surface area contributed by atoms with E-state index in [0.717, 1.165) is 38.3 Å². The highest BCUT2D eigenvalue weighted by molar-refractivity contribution is 5.28. The third kappa shape index (κ3) is 5.21. The zero-order valence-corrected chi connectivity index (χ0v) is 12.9. The quantitative estimate of drug-likeness (QED) is 0.790. The summed E-state index contributed by atoms with van der Waals surface area (Å²) in [6.07, 6.45) is 5.69. The van der Waals surface area contributed by atoms with Crippen LogP contribution in [0.3, 0.4) is 0 Å². The third-order valence-electron chi connectivity index (χ3n) is 3.68. The monoisotopic (exact) mass is 263 g/mol. The van der Waals surface area contributed by atoms with Gasteiger partial charge in [0.1, 0.15) is 0 Å². The number of hydrogen-bond donors (Lipinski definition) is 1. The molecule has 1 fully saturated rings. The van der Waals surface area contributed by atoms with E-state index >= 15 is 0 Å². The molecule has 0 aromatic rings. The van der Waals surface area contributed by atoms with Gasteiger partial charge < -0.3 is 5.73 Å². The van der Waals surface area contributed by atoms with Gasteiger partial charge in [-0.15, -0.1) is 0 Å². The van der Waals surface area contributed by atoms with Crippen LogP contribution < -0.4 is 5.73 Å². The summed E-state index contributed by atoms with van der Waals surface area (Å²) in [5.74, 6) is 0. The lowest BCUT2D eigenvalue weighted by Gasteiger charge is -2.42. The first-order valence-corrected chi connectivity index (χ1v) is 7.05. The first-order valence-electron chi connectivity index (χ1n) is 7.05. The molecule has 3 heteroatoms. The van der Waals surface area contributed by atoms with E-state index in [-0.39, 0.29) is 5.54 Å². The van der Waals surface area contributed by atoms with Crippen molar-refractivity contribution in [3.8, 4) is 0 Å². The maximum absolute atomic E-state index is 5.71. The molecule has 0 aliphatic carbocycles. The van der Waals surface area contributed by atoms with Crippen LogP contribution in [0, 0.1) is 0 Å². The average Bonchev–Trinajstić information content (AvgIpc) is 2.37. The first-order chi connectivity index (χ1) is 8.86. The highest BCUT2D eigenvalue weighted by Crippen LogP contribution is 2.16. The van der Waals surface area contributed by atoms with Gasteiger partial charge in [0.25, 0.3) is 0 Å². The van der Waals surface area contributed by atoms with Crippen LogP contribution in [0.25, 0.3) is 0 Å². The minimum absolute atomic E-state index is 0.276.